The molecule has 3 amide bonds. The van der Waals surface area contributed by atoms with Crippen molar-refractivity contribution in [2.45, 2.75) is 40.7 Å². The van der Waals surface area contributed by atoms with E-state index in [1.807, 2.05) is 46.8 Å². The molecule has 1 aromatic carbocycles. The van der Waals surface area contributed by atoms with E-state index in [1.54, 1.807) is 11.9 Å². The Morgan fingerprint density at radius 2 is 1.50 bits per heavy atom. The van der Waals surface area contributed by atoms with Crippen LogP contribution in [0.15, 0.2) is 12.1 Å². The Morgan fingerprint density at radius 1 is 0.962 bits per heavy atom. The first-order valence-electron chi connectivity index (χ1n) is 8.70. The lowest BCUT2D eigenvalue weighted by Crippen LogP contribution is -2.44. The van der Waals surface area contributed by atoms with Crippen molar-refractivity contribution in [1.29, 1.82) is 0 Å². The molecule has 1 aromatic rings. The molecule has 0 aliphatic rings. The van der Waals surface area contributed by atoms with Crippen LogP contribution in [0.4, 0.5) is 5.69 Å². The van der Waals surface area contributed by atoms with Crippen LogP contribution >= 0.6 is 0 Å². The fourth-order valence-electron chi connectivity index (χ4n) is 2.71. The Kier molecular flexibility index (Phi) is 8.25. The highest BCUT2D eigenvalue weighted by Gasteiger charge is 2.14. The monoisotopic (exact) mass is 362 g/mol. The van der Waals surface area contributed by atoms with Crippen LogP contribution in [-0.4, -0.2) is 55.3 Å². The number of carbonyl (C=O) groups is 3. The van der Waals surface area contributed by atoms with Gasteiger partial charge in [0.25, 0.3) is 0 Å². The number of hydrogen-bond acceptors (Lipinski definition) is 4. The van der Waals surface area contributed by atoms with Crippen molar-refractivity contribution in [2.75, 3.05) is 32.0 Å². The van der Waals surface area contributed by atoms with Gasteiger partial charge in [-0.3, -0.25) is 19.3 Å². The number of aryl methyl sites for hydroxylation is 3. The van der Waals surface area contributed by atoms with Crippen LogP contribution in [0.25, 0.3) is 0 Å². The molecular formula is C19H30N4O3. The van der Waals surface area contributed by atoms with Crippen LogP contribution in [0.1, 0.15) is 30.5 Å². The van der Waals surface area contributed by atoms with Gasteiger partial charge in [-0.05, 0) is 52.8 Å². The number of nitrogens with zero attached hydrogens (tertiary/aromatic N) is 1. The van der Waals surface area contributed by atoms with Crippen LogP contribution in [0.3, 0.4) is 0 Å². The smallest absolute Gasteiger partial charge is 0.239 e. The van der Waals surface area contributed by atoms with Gasteiger partial charge in [0.15, 0.2) is 0 Å². The maximum absolute atomic E-state index is 12.2. The van der Waals surface area contributed by atoms with E-state index >= 15 is 0 Å². The van der Waals surface area contributed by atoms with Crippen LogP contribution < -0.4 is 16.0 Å². The van der Waals surface area contributed by atoms with Gasteiger partial charge in [-0.1, -0.05) is 17.7 Å². The summed E-state index contributed by atoms with van der Waals surface area (Å²) in [4.78, 5) is 37.2. The molecule has 26 heavy (non-hydrogen) atoms. The molecule has 0 bridgehead atoms. The lowest BCUT2D eigenvalue weighted by molar-refractivity contribution is -0.127. The predicted molar refractivity (Wildman–Crippen MR) is 103 cm³/mol. The first-order valence-corrected chi connectivity index (χ1v) is 8.70. The average molecular weight is 362 g/mol. The molecule has 0 aliphatic heterocycles. The highest BCUT2D eigenvalue weighted by Crippen LogP contribution is 2.21. The summed E-state index contributed by atoms with van der Waals surface area (Å²) in [5.41, 5.74) is 3.97. The first kappa shape index (κ1) is 21.6. The summed E-state index contributed by atoms with van der Waals surface area (Å²) in [5.74, 6) is -0.728. The standard InChI is InChI=1S/C19H30N4O3/c1-12(2)21-16(24)9-20-17(25)10-23(6)11-18(26)22-19-14(4)7-13(3)8-15(19)5/h7-8,12H,9-11H2,1-6H3,(H,20,25)(H,21,24)(H,22,26). The first-order chi connectivity index (χ1) is 12.1. The molecule has 0 saturated heterocycles. The van der Waals surface area contributed by atoms with Crippen LogP contribution in [0.5, 0.6) is 0 Å². The van der Waals surface area contributed by atoms with Gasteiger partial charge in [0, 0.05) is 11.7 Å². The average Bonchev–Trinajstić information content (AvgIpc) is 2.48. The molecule has 7 heteroatoms. The molecule has 0 unspecified atom stereocenters. The molecular weight excluding hydrogens is 332 g/mol. The maximum atomic E-state index is 12.2. The van der Waals surface area contributed by atoms with Crippen molar-refractivity contribution in [1.82, 2.24) is 15.5 Å². The number of benzene rings is 1. The lowest BCUT2D eigenvalue weighted by Gasteiger charge is -2.18. The van der Waals surface area contributed by atoms with E-state index in [2.05, 4.69) is 16.0 Å². The third-order valence-corrected chi connectivity index (χ3v) is 3.66. The number of anilines is 1. The highest BCUT2D eigenvalue weighted by molar-refractivity contribution is 5.94. The molecule has 0 fully saturated rings. The molecule has 0 atom stereocenters. The van der Waals surface area contributed by atoms with Crippen molar-refractivity contribution >= 4 is 23.4 Å². The van der Waals surface area contributed by atoms with Gasteiger partial charge in [-0.2, -0.15) is 0 Å². The zero-order chi connectivity index (χ0) is 19.9. The van der Waals surface area contributed by atoms with Crippen molar-refractivity contribution < 1.29 is 14.4 Å². The topological polar surface area (TPSA) is 90.5 Å². The van der Waals surface area contributed by atoms with Crippen molar-refractivity contribution in [3.05, 3.63) is 28.8 Å². The molecule has 0 radical (unpaired) electrons. The molecule has 0 aliphatic carbocycles. The number of rotatable bonds is 8. The van der Waals surface area contributed by atoms with E-state index in [-0.39, 0.29) is 43.4 Å². The van der Waals surface area contributed by atoms with Gasteiger partial charge in [0.05, 0.1) is 19.6 Å². The predicted octanol–water partition coefficient (Wildman–Crippen LogP) is 1.12. The lowest BCUT2D eigenvalue weighted by atomic mass is 10.1. The molecule has 144 valence electrons. The molecule has 0 heterocycles. The van der Waals surface area contributed by atoms with Gasteiger partial charge in [0.1, 0.15) is 0 Å². The van der Waals surface area contributed by atoms with E-state index in [9.17, 15) is 14.4 Å². The second-order valence-corrected chi connectivity index (χ2v) is 6.99. The van der Waals surface area contributed by atoms with E-state index in [1.165, 1.54) is 0 Å². The van der Waals surface area contributed by atoms with Crippen molar-refractivity contribution in [3.8, 4) is 0 Å². The fourth-order valence-corrected chi connectivity index (χ4v) is 2.71. The van der Waals surface area contributed by atoms with Crippen molar-refractivity contribution in [2.24, 2.45) is 0 Å². The Morgan fingerprint density at radius 3 is 2.04 bits per heavy atom. The minimum absolute atomic E-state index is 0.0273. The summed E-state index contributed by atoms with van der Waals surface area (Å²) in [6, 6.07) is 4.06. The molecule has 1 rings (SSSR count). The van der Waals surface area contributed by atoms with E-state index in [4.69, 9.17) is 0 Å². The van der Waals surface area contributed by atoms with Gasteiger partial charge in [-0.15, -0.1) is 0 Å². The molecule has 3 N–H and O–H groups in total. The number of likely N-dealkylation sites (N-methyl/N-ethyl adjacent to an activating group) is 1. The Labute approximate surface area is 155 Å². The third-order valence-electron chi connectivity index (χ3n) is 3.66. The quantitative estimate of drug-likeness (QED) is 0.646. The number of carbonyl (C=O) groups excluding carboxylic acids is 3. The Bertz CT molecular complexity index is 648. The number of hydrogen-bond donors (Lipinski definition) is 3. The van der Waals surface area contributed by atoms with Crippen LogP contribution in [-0.2, 0) is 14.4 Å². The molecule has 0 spiro atoms. The van der Waals surface area contributed by atoms with Crippen molar-refractivity contribution in [3.63, 3.8) is 0 Å². The zero-order valence-electron chi connectivity index (χ0n) is 16.5. The van der Waals surface area contributed by atoms with E-state index < -0.39 is 0 Å². The van der Waals surface area contributed by atoms with Gasteiger partial charge in [-0.25, -0.2) is 0 Å². The summed E-state index contributed by atoms with van der Waals surface area (Å²) in [7, 11) is 1.68. The summed E-state index contributed by atoms with van der Waals surface area (Å²) in [5, 5.41) is 8.14. The number of nitrogens with one attached hydrogen (secondary N) is 3. The minimum atomic E-state index is -0.304. The largest absolute Gasteiger partial charge is 0.352 e. The Balaban J connectivity index is 2.45. The van der Waals surface area contributed by atoms with Crippen LogP contribution in [0, 0.1) is 20.8 Å². The maximum Gasteiger partial charge on any atom is 0.239 e. The molecule has 0 saturated carbocycles. The third kappa shape index (κ3) is 7.65. The van der Waals surface area contributed by atoms with E-state index in [0.29, 0.717) is 0 Å². The second kappa shape index (κ2) is 9.91. The van der Waals surface area contributed by atoms with Gasteiger partial charge in [0.2, 0.25) is 17.7 Å². The zero-order valence-corrected chi connectivity index (χ0v) is 16.5. The number of amides is 3. The SMILES string of the molecule is Cc1cc(C)c(NC(=O)CN(C)CC(=O)NCC(=O)NC(C)C)c(C)c1. The second-order valence-electron chi connectivity index (χ2n) is 6.99. The molecule has 7 nitrogen and oxygen atoms in total. The molecule has 0 aromatic heterocycles. The van der Waals surface area contributed by atoms with Gasteiger partial charge < -0.3 is 16.0 Å². The van der Waals surface area contributed by atoms with Gasteiger partial charge >= 0.3 is 0 Å². The summed E-state index contributed by atoms with van der Waals surface area (Å²) in [6.07, 6.45) is 0. The summed E-state index contributed by atoms with van der Waals surface area (Å²) in [6.45, 7) is 9.67. The normalized spacial score (nSPS) is 10.8. The fraction of sp³-hybridized carbons (Fsp3) is 0.526. The summed E-state index contributed by atoms with van der Waals surface area (Å²) < 4.78 is 0. The summed E-state index contributed by atoms with van der Waals surface area (Å²) >= 11 is 0. The minimum Gasteiger partial charge on any atom is -0.352 e. The highest BCUT2D eigenvalue weighted by atomic mass is 16.2. The Hall–Kier alpha value is -2.41. The van der Waals surface area contributed by atoms with E-state index in [0.717, 1.165) is 22.4 Å². The van der Waals surface area contributed by atoms with Crippen LogP contribution in [0.2, 0.25) is 0 Å².